The average molecular weight is 501 g/mol. The van der Waals surface area contributed by atoms with Crippen LogP contribution in [0, 0.1) is 5.92 Å². The van der Waals surface area contributed by atoms with E-state index in [4.69, 9.17) is 21.3 Å². The molecule has 2 aromatic carbocycles. The Labute approximate surface area is 208 Å². The number of hydrogen-bond donors (Lipinski definition) is 0. The van der Waals surface area contributed by atoms with E-state index in [9.17, 15) is 9.59 Å². The monoisotopic (exact) mass is 500 g/mol. The molecular formula is C25H29ClN4O3S. The zero-order valence-electron chi connectivity index (χ0n) is 19.7. The first-order valence-electron chi connectivity index (χ1n) is 11.5. The number of carbonyl (C=O) groups excluding carboxylic acids is 2. The van der Waals surface area contributed by atoms with Crippen LogP contribution >= 0.6 is 22.9 Å². The molecule has 1 aromatic heterocycles. The van der Waals surface area contributed by atoms with Gasteiger partial charge in [0.15, 0.2) is 5.13 Å². The minimum absolute atomic E-state index is 0.0396. The van der Waals surface area contributed by atoms with Gasteiger partial charge in [0.25, 0.3) is 0 Å². The molecule has 0 N–H and O–H groups in total. The first-order valence-corrected chi connectivity index (χ1v) is 12.7. The van der Waals surface area contributed by atoms with Gasteiger partial charge in [-0.25, -0.2) is 4.98 Å². The Morgan fingerprint density at radius 1 is 1.18 bits per heavy atom. The maximum atomic E-state index is 13.8. The summed E-state index contributed by atoms with van der Waals surface area (Å²) in [4.78, 5) is 37.0. The molecule has 3 aromatic rings. The maximum absolute atomic E-state index is 13.8. The Hall–Kier alpha value is -2.68. The van der Waals surface area contributed by atoms with Crippen LogP contribution in [0.1, 0.15) is 20.3 Å². The largest absolute Gasteiger partial charge is 0.494 e. The van der Waals surface area contributed by atoms with Gasteiger partial charge >= 0.3 is 0 Å². The number of halogens is 1. The summed E-state index contributed by atoms with van der Waals surface area (Å²) in [7, 11) is 1.59. The lowest BCUT2D eigenvalue weighted by Gasteiger charge is -2.26. The predicted molar refractivity (Wildman–Crippen MR) is 138 cm³/mol. The SMILES string of the molecule is CCN(CC)CCN(C(=O)C1CC(=O)N(c2ccccc2)C1)c1nc2c(OC)ccc(Cl)c2s1. The molecule has 180 valence electrons. The van der Waals surface area contributed by atoms with Crippen molar-refractivity contribution in [1.82, 2.24) is 9.88 Å². The van der Waals surface area contributed by atoms with Crippen LogP contribution in [-0.2, 0) is 9.59 Å². The second-order valence-electron chi connectivity index (χ2n) is 8.18. The fourth-order valence-corrected chi connectivity index (χ4v) is 5.54. The van der Waals surface area contributed by atoms with Crippen molar-refractivity contribution in [3.05, 3.63) is 47.5 Å². The highest BCUT2D eigenvalue weighted by Crippen LogP contribution is 2.39. The van der Waals surface area contributed by atoms with E-state index in [-0.39, 0.29) is 18.2 Å². The van der Waals surface area contributed by atoms with Gasteiger partial charge < -0.3 is 14.5 Å². The molecule has 2 heterocycles. The van der Waals surface area contributed by atoms with Gasteiger partial charge in [0.1, 0.15) is 11.3 Å². The van der Waals surface area contributed by atoms with Crippen molar-refractivity contribution in [2.75, 3.05) is 49.6 Å². The summed E-state index contributed by atoms with van der Waals surface area (Å²) in [5, 5.41) is 1.14. The minimum atomic E-state index is -0.436. The molecule has 0 bridgehead atoms. The Morgan fingerprint density at radius 3 is 2.59 bits per heavy atom. The van der Waals surface area contributed by atoms with Crippen LogP contribution in [0.3, 0.4) is 0 Å². The normalized spacial score (nSPS) is 16.0. The van der Waals surface area contributed by atoms with E-state index in [2.05, 4.69) is 18.7 Å². The van der Waals surface area contributed by atoms with Crippen LogP contribution in [0.2, 0.25) is 5.02 Å². The molecule has 1 fully saturated rings. The molecule has 1 unspecified atom stereocenters. The maximum Gasteiger partial charge on any atom is 0.234 e. The van der Waals surface area contributed by atoms with Crippen LogP contribution < -0.4 is 14.5 Å². The quantitative estimate of drug-likeness (QED) is 0.426. The van der Waals surface area contributed by atoms with E-state index in [0.29, 0.717) is 41.1 Å². The number of benzene rings is 2. The van der Waals surface area contributed by atoms with Gasteiger partial charge in [0.05, 0.1) is 22.8 Å². The molecule has 4 rings (SSSR count). The number of anilines is 2. The van der Waals surface area contributed by atoms with Crippen molar-refractivity contribution in [2.45, 2.75) is 20.3 Å². The molecule has 9 heteroatoms. The Morgan fingerprint density at radius 2 is 1.91 bits per heavy atom. The van der Waals surface area contributed by atoms with Crippen molar-refractivity contribution < 1.29 is 14.3 Å². The van der Waals surface area contributed by atoms with Crippen LogP contribution in [0.4, 0.5) is 10.8 Å². The molecular weight excluding hydrogens is 472 g/mol. The van der Waals surface area contributed by atoms with E-state index in [1.807, 2.05) is 30.3 Å². The van der Waals surface area contributed by atoms with Crippen molar-refractivity contribution in [3.63, 3.8) is 0 Å². The fraction of sp³-hybridized carbons (Fsp3) is 0.400. The summed E-state index contributed by atoms with van der Waals surface area (Å²) in [5.41, 5.74) is 1.46. The number of ether oxygens (including phenoxy) is 1. The Balaban J connectivity index is 1.65. The third-order valence-corrected chi connectivity index (χ3v) is 7.78. The van der Waals surface area contributed by atoms with Crippen molar-refractivity contribution in [1.29, 1.82) is 0 Å². The first kappa shape index (κ1) is 24.4. The number of aromatic nitrogens is 1. The van der Waals surface area contributed by atoms with Crippen molar-refractivity contribution >= 4 is 55.8 Å². The summed E-state index contributed by atoms with van der Waals surface area (Å²) in [6.45, 7) is 7.54. The smallest absolute Gasteiger partial charge is 0.234 e. The molecule has 7 nitrogen and oxygen atoms in total. The van der Waals surface area contributed by atoms with Crippen LogP contribution in [-0.4, -0.2) is 61.5 Å². The second kappa shape index (κ2) is 10.7. The van der Waals surface area contributed by atoms with Crippen LogP contribution in [0.25, 0.3) is 10.2 Å². The Bertz CT molecular complexity index is 1170. The highest BCUT2D eigenvalue weighted by molar-refractivity contribution is 7.23. The van der Waals surface area contributed by atoms with E-state index < -0.39 is 5.92 Å². The minimum Gasteiger partial charge on any atom is -0.494 e. The lowest BCUT2D eigenvalue weighted by atomic mass is 10.1. The van der Waals surface area contributed by atoms with Gasteiger partial charge in [-0.3, -0.25) is 14.5 Å². The number of amides is 2. The molecule has 2 amide bonds. The summed E-state index contributed by atoms with van der Waals surface area (Å²) in [5.74, 6) is 0.0495. The number of thiazole rings is 1. The molecule has 34 heavy (non-hydrogen) atoms. The van der Waals surface area contributed by atoms with Gasteiger partial charge in [0, 0.05) is 31.7 Å². The first-order chi connectivity index (χ1) is 16.5. The van der Waals surface area contributed by atoms with E-state index in [1.165, 1.54) is 11.3 Å². The summed E-state index contributed by atoms with van der Waals surface area (Å²) < 4.78 is 6.25. The number of methoxy groups -OCH3 is 1. The average Bonchev–Trinajstić information content (AvgIpc) is 3.47. The third-order valence-electron chi connectivity index (χ3n) is 6.24. The zero-order valence-corrected chi connectivity index (χ0v) is 21.2. The van der Waals surface area contributed by atoms with Gasteiger partial charge in [-0.2, -0.15) is 0 Å². The number of carbonyl (C=O) groups is 2. The highest BCUT2D eigenvalue weighted by atomic mass is 35.5. The Kier molecular flexibility index (Phi) is 7.70. The van der Waals surface area contributed by atoms with Crippen LogP contribution in [0.15, 0.2) is 42.5 Å². The highest BCUT2D eigenvalue weighted by Gasteiger charge is 2.38. The lowest BCUT2D eigenvalue weighted by molar-refractivity contribution is -0.124. The number of fused-ring (bicyclic) bond motifs is 1. The van der Waals surface area contributed by atoms with Crippen molar-refractivity contribution in [3.8, 4) is 5.75 Å². The van der Waals surface area contributed by atoms with E-state index >= 15 is 0 Å². The zero-order chi connectivity index (χ0) is 24.2. The molecule has 1 saturated heterocycles. The number of nitrogens with zero attached hydrogens (tertiary/aromatic N) is 4. The molecule has 1 aliphatic heterocycles. The van der Waals surface area contributed by atoms with Gasteiger partial charge in [-0.1, -0.05) is 55.0 Å². The molecule has 0 spiro atoms. The number of rotatable bonds is 9. The summed E-state index contributed by atoms with van der Waals surface area (Å²) in [6, 6.07) is 13.0. The van der Waals surface area contributed by atoms with E-state index in [0.717, 1.165) is 23.5 Å². The standard InChI is InChI=1S/C25H29ClN4O3S/c1-4-28(5-2)13-14-29(25-27-22-20(33-3)12-11-19(26)23(22)34-25)24(32)17-15-21(31)30(16-17)18-9-7-6-8-10-18/h6-12,17H,4-5,13-16H2,1-3H3. The number of hydrogen-bond acceptors (Lipinski definition) is 6. The predicted octanol–water partition coefficient (Wildman–Crippen LogP) is 4.69. The summed E-state index contributed by atoms with van der Waals surface area (Å²) >= 11 is 7.82. The third kappa shape index (κ3) is 4.89. The second-order valence-corrected chi connectivity index (χ2v) is 9.57. The fourth-order valence-electron chi connectivity index (χ4n) is 4.25. The molecule has 1 atom stereocenters. The van der Waals surface area contributed by atoms with E-state index in [1.54, 1.807) is 29.0 Å². The number of para-hydroxylation sites is 1. The molecule has 0 aliphatic carbocycles. The molecule has 0 radical (unpaired) electrons. The van der Waals surface area contributed by atoms with Gasteiger partial charge in [-0.15, -0.1) is 0 Å². The van der Waals surface area contributed by atoms with Gasteiger partial charge in [0.2, 0.25) is 11.8 Å². The lowest BCUT2D eigenvalue weighted by Crippen LogP contribution is -2.42. The molecule has 0 saturated carbocycles. The van der Waals surface area contributed by atoms with Crippen molar-refractivity contribution in [2.24, 2.45) is 5.92 Å². The summed E-state index contributed by atoms with van der Waals surface area (Å²) in [6.07, 6.45) is 0.185. The van der Waals surface area contributed by atoms with Gasteiger partial charge in [-0.05, 0) is 37.4 Å². The topological polar surface area (TPSA) is 66.0 Å². The molecule has 1 aliphatic rings. The van der Waals surface area contributed by atoms with Crippen LogP contribution in [0.5, 0.6) is 5.75 Å². The number of likely N-dealkylation sites (N-methyl/N-ethyl adjacent to an activating group) is 1.